The summed E-state index contributed by atoms with van der Waals surface area (Å²) in [4.78, 5) is 0. The Bertz CT molecular complexity index is 400. The van der Waals surface area contributed by atoms with E-state index >= 15 is 0 Å². The first-order chi connectivity index (χ1) is 9.22. The quantitative estimate of drug-likeness (QED) is 0.798. The second-order valence-corrected chi connectivity index (χ2v) is 6.26. The van der Waals surface area contributed by atoms with E-state index in [2.05, 4.69) is 18.3 Å². The molecular formula is C16H23Cl2N. The van der Waals surface area contributed by atoms with E-state index in [4.69, 9.17) is 23.2 Å². The van der Waals surface area contributed by atoms with Gasteiger partial charge < -0.3 is 5.32 Å². The van der Waals surface area contributed by atoms with E-state index < -0.39 is 0 Å². The summed E-state index contributed by atoms with van der Waals surface area (Å²) < 4.78 is 0. The molecule has 0 aromatic heterocycles. The highest BCUT2D eigenvalue weighted by atomic mass is 35.5. The van der Waals surface area contributed by atoms with Crippen molar-refractivity contribution in [2.75, 3.05) is 6.54 Å². The number of nitrogens with one attached hydrogen (secondary N) is 1. The minimum Gasteiger partial charge on any atom is -0.314 e. The van der Waals surface area contributed by atoms with E-state index in [1.165, 1.54) is 37.7 Å². The highest BCUT2D eigenvalue weighted by Crippen LogP contribution is 2.31. The third-order valence-electron chi connectivity index (χ3n) is 4.16. The van der Waals surface area contributed by atoms with Crippen LogP contribution in [0.15, 0.2) is 18.2 Å². The topological polar surface area (TPSA) is 12.0 Å². The van der Waals surface area contributed by atoms with Crippen molar-refractivity contribution in [3.8, 4) is 0 Å². The van der Waals surface area contributed by atoms with Crippen LogP contribution < -0.4 is 5.32 Å². The molecule has 0 aliphatic heterocycles. The molecule has 1 aliphatic rings. The molecule has 0 spiro atoms. The van der Waals surface area contributed by atoms with Crippen LogP contribution in [0.2, 0.25) is 10.0 Å². The summed E-state index contributed by atoms with van der Waals surface area (Å²) in [5.74, 6) is 0.781. The predicted octanol–water partition coefficient (Wildman–Crippen LogP) is 5.09. The van der Waals surface area contributed by atoms with Crippen LogP contribution in [-0.4, -0.2) is 12.6 Å². The van der Waals surface area contributed by atoms with E-state index in [1.807, 2.05) is 12.1 Å². The molecule has 19 heavy (non-hydrogen) atoms. The van der Waals surface area contributed by atoms with E-state index in [0.29, 0.717) is 11.1 Å². The van der Waals surface area contributed by atoms with Crippen LogP contribution in [-0.2, 0) is 6.42 Å². The normalized spacial score (nSPS) is 18.5. The number of hydrogen-bond donors (Lipinski definition) is 1. The van der Waals surface area contributed by atoms with Crippen molar-refractivity contribution in [3.05, 3.63) is 33.8 Å². The predicted molar refractivity (Wildman–Crippen MR) is 84.2 cm³/mol. The van der Waals surface area contributed by atoms with E-state index in [-0.39, 0.29) is 0 Å². The molecule has 0 heterocycles. The first kappa shape index (κ1) is 15.2. The summed E-state index contributed by atoms with van der Waals surface area (Å²) in [6.07, 6.45) is 7.81. The molecule has 1 aromatic carbocycles. The van der Waals surface area contributed by atoms with Crippen LogP contribution >= 0.6 is 23.2 Å². The summed E-state index contributed by atoms with van der Waals surface area (Å²) in [7, 11) is 0. The van der Waals surface area contributed by atoms with Crippen molar-refractivity contribution in [1.82, 2.24) is 5.32 Å². The van der Waals surface area contributed by atoms with E-state index in [1.54, 1.807) is 0 Å². The minimum atomic E-state index is 0.529. The first-order valence-corrected chi connectivity index (χ1v) is 8.14. The van der Waals surface area contributed by atoms with Gasteiger partial charge in [0.15, 0.2) is 0 Å². The Kier molecular flexibility index (Phi) is 6.00. The molecule has 0 saturated heterocycles. The summed E-state index contributed by atoms with van der Waals surface area (Å²) in [6, 6.07) is 6.48. The van der Waals surface area contributed by atoms with Gasteiger partial charge in [-0.25, -0.2) is 0 Å². The Balaban J connectivity index is 2.08. The molecule has 1 N–H and O–H groups in total. The Hall–Kier alpha value is -0.240. The fourth-order valence-electron chi connectivity index (χ4n) is 3.15. The molecule has 0 bridgehead atoms. The lowest BCUT2D eigenvalue weighted by atomic mass is 9.81. The van der Waals surface area contributed by atoms with Gasteiger partial charge in [-0.05, 0) is 43.4 Å². The second kappa shape index (κ2) is 7.52. The molecular weight excluding hydrogens is 277 g/mol. The number of likely N-dealkylation sites (N-methyl/N-ethyl adjacent to an activating group) is 1. The van der Waals surface area contributed by atoms with Gasteiger partial charge in [0.1, 0.15) is 0 Å². The van der Waals surface area contributed by atoms with Crippen LogP contribution in [0.5, 0.6) is 0 Å². The lowest BCUT2D eigenvalue weighted by Crippen LogP contribution is -2.39. The SMILES string of the molecule is CCNC(Cc1cccc(Cl)c1Cl)C1CCCCC1. The van der Waals surface area contributed by atoms with Gasteiger partial charge in [-0.1, -0.05) is 61.5 Å². The lowest BCUT2D eigenvalue weighted by Gasteiger charge is -2.31. The number of benzene rings is 1. The molecule has 3 heteroatoms. The molecule has 1 aliphatic carbocycles. The highest BCUT2D eigenvalue weighted by Gasteiger charge is 2.24. The van der Waals surface area contributed by atoms with Crippen molar-refractivity contribution in [3.63, 3.8) is 0 Å². The molecule has 0 amide bonds. The van der Waals surface area contributed by atoms with Crippen LogP contribution in [0.4, 0.5) is 0 Å². The summed E-state index contributed by atoms with van der Waals surface area (Å²) in [5.41, 5.74) is 1.17. The van der Waals surface area contributed by atoms with Gasteiger partial charge >= 0.3 is 0 Å². The number of rotatable bonds is 5. The number of halogens is 2. The van der Waals surface area contributed by atoms with Gasteiger partial charge in [-0.2, -0.15) is 0 Å². The smallest absolute Gasteiger partial charge is 0.0624 e. The zero-order valence-corrected chi connectivity index (χ0v) is 13.1. The van der Waals surface area contributed by atoms with Gasteiger partial charge in [0.25, 0.3) is 0 Å². The Labute approximate surface area is 126 Å². The molecule has 1 atom stereocenters. The van der Waals surface area contributed by atoms with Crippen molar-refractivity contribution >= 4 is 23.2 Å². The average molecular weight is 300 g/mol. The molecule has 106 valence electrons. The summed E-state index contributed by atoms with van der Waals surface area (Å²) in [6.45, 7) is 3.19. The van der Waals surface area contributed by atoms with Gasteiger partial charge in [0.05, 0.1) is 10.0 Å². The summed E-state index contributed by atoms with van der Waals surface area (Å²) >= 11 is 12.4. The maximum atomic E-state index is 6.32. The van der Waals surface area contributed by atoms with E-state index in [9.17, 15) is 0 Å². The zero-order valence-electron chi connectivity index (χ0n) is 11.6. The van der Waals surface area contributed by atoms with Crippen LogP contribution in [0.25, 0.3) is 0 Å². The van der Waals surface area contributed by atoms with Crippen molar-refractivity contribution in [1.29, 1.82) is 0 Å². The molecule has 1 nitrogen and oxygen atoms in total. The third-order valence-corrected chi connectivity index (χ3v) is 5.01. The standard InChI is InChI=1S/C16H23Cl2N/c1-2-19-15(12-7-4-3-5-8-12)11-13-9-6-10-14(17)16(13)18/h6,9-10,12,15,19H,2-5,7-8,11H2,1H3. The molecule has 1 aromatic rings. The fourth-order valence-corrected chi connectivity index (χ4v) is 3.54. The molecule has 1 fully saturated rings. The van der Waals surface area contributed by atoms with Crippen LogP contribution in [0, 0.1) is 5.92 Å². The molecule has 0 radical (unpaired) electrons. The van der Waals surface area contributed by atoms with Gasteiger partial charge in [-0.3, -0.25) is 0 Å². The molecule has 1 saturated carbocycles. The second-order valence-electron chi connectivity index (χ2n) is 5.48. The van der Waals surface area contributed by atoms with Gasteiger partial charge in [0.2, 0.25) is 0 Å². The Morgan fingerprint density at radius 1 is 1.21 bits per heavy atom. The van der Waals surface area contributed by atoms with Gasteiger partial charge in [-0.15, -0.1) is 0 Å². The fraction of sp³-hybridized carbons (Fsp3) is 0.625. The number of hydrogen-bond acceptors (Lipinski definition) is 1. The highest BCUT2D eigenvalue weighted by molar-refractivity contribution is 6.42. The lowest BCUT2D eigenvalue weighted by molar-refractivity contribution is 0.269. The van der Waals surface area contributed by atoms with Gasteiger partial charge in [0, 0.05) is 6.04 Å². The Morgan fingerprint density at radius 2 is 1.95 bits per heavy atom. The minimum absolute atomic E-state index is 0.529. The van der Waals surface area contributed by atoms with Crippen molar-refractivity contribution < 1.29 is 0 Å². The average Bonchev–Trinajstić information content (AvgIpc) is 2.44. The monoisotopic (exact) mass is 299 g/mol. The zero-order chi connectivity index (χ0) is 13.7. The third kappa shape index (κ3) is 4.11. The Morgan fingerprint density at radius 3 is 2.63 bits per heavy atom. The molecule has 1 unspecified atom stereocenters. The van der Waals surface area contributed by atoms with Crippen molar-refractivity contribution in [2.24, 2.45) is 5.92 Å². The van der Waals surface area contributed by atoms with Crippen molar-refractivity contribution in [2.45, 2.75) is 51.5 Å². The first-order valence-electron chi connectivity index (χ1n) is 7.38. The van der Waals surface area contributed by atoms with Crippen LogP contribution in [0.1, 0.15) is 44.6 Å². The maximum absolute atomic E-state index is 6.32. The summed E-state index contributed by atoms with van der Waals surface area (Å²) in [5, 5.41) is 5.04. The van der Waals surface area contributed by atoms with Crippen LogP contribution in [0.3, 0.4) is 0 Å². The maximum Gasteiger partial charge on any atom is 0.0624 e. The molecule has 2 rings (SSSR count). The largest absolute Gasteiger partial charge is 0.314 e. The van der Waals surface area contributed by atoms with E-state index in [0.717, 1.165) is 23.9 Å².